The number of nitrogens with zero attached hydrogens (tertiary/aromatic N) is 3. The highest BCUT2D eigenvalue weighted by atomic mass is 19.1. The standard InChI is InChI=1S/C13H15F2N3O/c1-3-18-13(16-11(17-18)8-19-4-2)12-9(14)6-5-7-10(12)15/h5-7H,3-4,8H2,1-2H3. The molecule has 102 valence electrons. The van der Waals surface area contributed by atoms with Gasteiger partial charge in [-0.25, -0.2) is 18.4 Å². The Bertz CT molecular complexity index is 549. The Morgan fingerprint density at radius 3 is 2.47 bits per heavy atom. The van der Waals surface area contributed by atoms with E-state index in [0.29, 0.717) is 19.0 Å². The summed E-state index contributed by atoms with van der Waals surface area (Å²) < 4.78 is 34.2. The number of halogens is 2. The van der Waals surface area contributed by atoms with Crippen molar-refractivity contribution in [2.24, 2.45) is 0 Å². The van der Waals surface area contributed by atoms with Gasteiger partial charge < -0.3 is 4.74 Å². The molecule has 0 unspecified atom stereocenters. The molecule has 0 fully saturated rings. The molecule has 6 heteroatoms. The fourth-order valence-electron chi connectivity index (χ4n) is 1.76. The van der Waals surface area contributed by atoms with Crippen LogP contribution < -0.4 is 0 Å². The number of aryl methyl sites for hydroxylation is 1. The molecule has 0 atom stereocenters. The van der Waals surface area contributed by atoms with Gasteiger partial charge >= 0.3 is 0 Å². The number of hydrogen-bond acceptors (Lipinski definition) is 3. The zero-order chi connectivity index (χ0) is 13.8. The first-order chi connectivity index (χ1) is 9.17. The third-order valence-electron chi connectivity index (χ3n) is 2.64. The van der Waals surface area contributed by atoms with Gasteiger partial charge in [-0.3, -0.25) is 0 Å². The van der Waals surface area contributed by atoms with E-state index in [4.69, 9.17) is 4.74 Å². The number of rotatable bonds is 5. The lowest BCUT2D eigenvalue weighted by Gasteiger charge is -2.04. The zero-order valence-corrected chi connectivity index (χ0v) is 10.9. The van der Waals surface area contributed by atoms with Gasteiger partial charge in [-0.05, 0) is 26.0 Å². The maximum atomic E-state index is 13.8. The molecule has 0 N–H and O–H groups in total. The minimum Gasteiger partial charge on any atom is -0.374 e. The summed E-state index contributed by atoms with van der Waals surface area (Å²) in [5, 5.41) is 4.17. The molecule has 19 heavy (non-hydrogen) atoms. The van der Waals surface area contributed by atoms with Crippen LogP contribution in [0, 0.1) is 11.6 Å². The Kier molecular flexibility index (Phi) is 4.21. The minimum absolute atomic E-state index is 0.153. The quantitative estimate of drug-likeness (QED) is 0.836. The van der Waals surface area contributed by atoms with Crippen molar-refractivity contribution in [2.45, 2.75) is 27.0 Å². The van der Waals surface area contributed by atoms with E-state index in [1.165, 1.54) is 22.9 Å². The Morgan fingerprint density at radius 1 is 1.21 bits per heavy atom. The summed E-state index contributed by atoms with van der Waals surface area (Å²) >= 11 is 0. The van der Waals surface area contributed by atoms with Crippen molar-refractivity contribution in [1.29, 1.82) is 0 Å². The average molecular weight is 267 g/mol. The lowest BCUT2D eigenvalue weighted by atomic mass is 10.2. The van der Waals surface area contributed by atoms with Gasteiger partial charge in [-0.1, -0.05) is 6.07 Å². The summed E-state index contributed by atoms with van der Waals surface area (Å²) in [6.07, 6.45) is 0. The molecular weight excluding hydrogens is 252 g/mol. The molecule has 1 heterocycles. The highest BCUT2D eigenvalue weighted by molar-refractivity contribution is 5.57. The topological polar surface area (TPSA) is 39.9 Å². The van der Waals surface area contributed by atoms with Crippen molar-refractivity contribution >= 4 is 0 Å². The van der Waals surface area contributed by atoms with Crippen LogP contribution in [-0.2, 0) is 17.9 Å². The van der Waals surface area contributed by atoms with E-state index in [9.17, 15) is 8.78 Å². The minimum atomic E-state index is -0.648. The number of ether oxygens (including phenoxy) is 1. The van der Waals surface area contributed by atoms with E-state index >= 15 is 0 Å². The normalized spacial score (nSPS) is 10.9. The van der Waals surface area contributed by atoms with Gasteiger partial charge in [0.25, 0.3) is 0 Å². The molecule has 0 saturated heterocycles. The summed E-state index contributed by atoms with van der Waals surface area (Å²) in [7, 11) is 0. The van der Waals surface area contributed by atoms with E-state index < -0.39 is 11.6 Å². The molecule has 0 bridgehead atoms. The lowest BCUT2D eigenvalue weighted by Crippen LogP contribution is -2.03. The molecule has 0 saturated carbocycles. The summed E-state index contributed by atoms with van der Waals surface area (Å²) in [5.74, 6) is -0.690. The predicted molar refractivity (Wildman–Crippen MR) is 66.4 cm³/mol. The summed E-state index contributed by atoms with van der Waals surface area (Å²) in [5.41, 5.74) is -0.153. The monoisotopic (exact) mass is 267 g/mol. The second-order valence-corrected chi connectivity index (χ2v) is 3.90. The van der Waals surface area contributed by atoms with E-state index in [2.05, 4.69) is 10.1 Å². The van der Waals surface area contributed by atoms with E-state index in [1.54, 1.807) is 0 Å². The van der Waals surface area contributed by atoms with Crippen LogP contribution in [0.2, 0.25) is 0 Å². The largest absolute Gasteiger partial charge is 0.374 e. The van der Waals surface area contributed by atoms with Crippen molar-refractivity contribution in [3.8, 4) is 11.4 Å². The van der Waals surface area contributed by atoms with E-state index in [1.807, 2.05) is 13.8 Å². The van der Waals surface area contributed by atoms with Crippen LogP contribution in [0.5, 0.6) is 0 Å². The van der Waals surface area contributed by atoms with Gasteiger partial charge in [0.05, 0.1) is 5.56 Å². The lowest BCUT2D eigenvalue weighted by molar-refractivity contribution is 0.128. The molecule has 0 radical (unpaired) electrons. The fraction of sp³-hybridized carbons (Fsp3) is 0.385. The Balaban J connectivity index is 2.46. The predicted octanol–water partition coefficient (Wildman–Crippen LogP) is 2.78. The van der Waals surface area contributed by atoms with Crippen molar-refractivity contribution in [1.82, 2.24) is 14.8 Å². The maximum Gasteiger partial charge on any atom is 0.176 e. The molecule has 1 aromatic carbocycles. The molecule has 0 spiro atoms. The first-order valence-corrected chi connectivity index (χ1v) is 6.13. The highest BCUT2D eigenvalue weighted by Gasteiger charge is 2.18. The third kappa shape index (κ3) is 2.78. The molecule has 1 aromatic heterocycles. The first-order valence-electron chi connectivity index (χ1n) is 6.13. The van der Waals surface area contributed by atoms with Crippen LogP contribution in [0.3, 0.4) is 0 Å². The van der Waals surface area contributed by atoms with Crippen LogP contribution in [0.15, 0.2) is 18.2 Å². The van der Waals surface area contributed by atoms with Crippen LogP contribution in [-0.4, -0.2) is 21.4 Å². The first kappa shape index (κ1) is 13.6. The van der Waals surface area contributed by atoms with Crippen molar-refractivity contribution in [3.05, 3.63) is 35.7 Å². The van der Waals surface area contributed by atoms with E-state index in [-0.39, 0.29) is 18.0 Å². The molecule has 2 rings (SSSR count). The number of aromatic nitrogens is 3. The number of hydrogen-bond donors (Lipinski definition) is 0. The van der Waals surface area contributed by atoms with Crippen molar-refractivity contribution < 1.29 is 13.5 Å². The fourth-order valence-corrected chi connectivity index (χ4v) is 1.76. The molecule has 0 aliphatic carbocycles. The Morgan fingerprint density at radius 2 is 1.89 bits per heavy atom. The second kappa shape index (κ2) is 5.88. The van der Waals surface area contributed by atoms with Gasteiger partial charge in [0.1, 0.15) is 18.2 Å². The molecule has 0 aliphatic heterocycles. The molecular formula is C13H15F2N3O. The van der Waals surface area contributed by atoms with Crippen LogP contribution >= 0.6 is 0 Å². The van der Waals surface area contributed by atoms with Gasteiger partial charge in [-0.15, -0.1) is 0 Å². The molecule has 0 aliphatic rings. The van der Waals surface area contributed by atoms with Gasteiger partial charge in [0.2, 0.25) is 0 Å². The second-order valence-electron chi connectivity index (χ2n) is 3.90. The maximum absolute atomic E-state index is 13.8. The molecule has 0 amide bonds. The highest BCUT2D eigenvalue weighted by Crippen LogP contribution is 2.24. The van der Waals surface area contributed by atoms with Crippen LogP contribution in [0.1, 0.15) is 19.7 Å². The van der Waals surface area contributed by atoms with Crippen LogP contribution in [0.4, 0.5) is 8.78 Å². The Labute approximate surface area is 110 Å². The smallest absolute Gasteiger partial charge is 0.176 e. The SMILES string of the molecule is CCOCc1nc(-c2c(F)cccc2F)n(CC)n1. The third-order valence-corrected chi connectivity index (χ3v) is 2.64. The molecule has 2 aromatic rings. The average Bonchev–Trinajstić information content (AvgIpc) is 2.79. The summed E-state index contributed by atoms with van der Waals surface area (Å²) in [6, 6.07) is 3.73. The van der Waals surface area contributed by atoms with Crippen LogP contribution in [0.25, 0.3) is 11.4 Å². The van der Waals surface area contributed by atoms with Gasteiger partial charge in [0.15, 0.2) is 11.6 Å². The van der Waals surface area contributed by atoms with Gasteiger partial charge in [0, 0.05) is 13.2 Å². The van der Waals surface area contributed by atoms with Crippen molar-refractivity contribution in [2.75, 3.05) is 6.61 Å². The Hall–Kier alpha value is -1.82. The van der Waals surface area contributed by atoms with Crippen molar-refractivity contribution in [3.63, 3.8) is 0 Å². The zero-order valence-electron chi connectivity index (χ0n) is 10.9. The molecule has 4 nitrogen and oxygen atoms in total. The van der Waals surface area contributed by atoms with Gasteiger partial charge in [-0.2, -0.15) is 5.10 Å². The number of benzene rings is 1. The summed E-state index contributed by atoms with van der Waals surface area (Å²) in [6.45, 7) is 4.93. The van der Waals surface area contributed by atoms with E-state index in [0.717, 1.165) is 0 Å². The summed E-state index contributed by atoms with van der Waals surface area (Å²) in [4.78, 5) is 4.16.